The fraction of sp³-hybridized carbons (Fsp3) is 0.700. The molecule has 0 aliphatic rings. The predicted octanol–water partition coefficient (Wildman–Crippen LogP) is 2.38. The number of rotatable bonds is 6. The third kappa shape index (κ3) is 4.61. The molecule has 0 aromatic carbocycles. The quantitative estimate of drug-likeness (QED) is 0.833. The Labute approximate surface area is 101 Å². The highest BCUT2D eigenvalue weighted by Gasteiger charge is 2.05. The molecule has 1 heterocycles. The van der Waals surface area contributed by atoms with Gasteiger partial charge in [-0.3, -0.25) is 0 Å². The second-order valence-electron chi connectivity index (χ2n) is 3.75. The Morgan fingerprint density at radius 2 is 2.06 bits per heavy atom. The van der Waals surface area contributed by atoms with Crippen molar-refractivity contribution >= 4 is 17.5 Å². The van der Waals surface area contributed by atoms with Crippen LogP contribution in [0.25, 0.3) is 0 Å². The van der Waals surface area contributed by atoms with Crippen LogP contribution in [0.5, 0.6) is 6.01 Å². The van der Waals surface area contributed by atoms with Gasteiger partial charge < -0.3 is 10.1 Å². The van der Waals surface area contributed by atoms with Crippen LogP contribution in [0.1, 0.15) is 27.2 Å². The molecule has 0 unspecified atom stereocenters. The van der Waals surface area contributed by atoms with Gasteiger partial charge in [0, 0.05) is 6.54 Å². The maximum Gasteiger partial charge on any atom is 0.322 e. The number of nitrogens with zero attached hydrogens (tertiary/aromatic N) is 3. The first-order chi connectivity index (χ1) is 7.61. The normalized spacial score (nSPS) is 10.6. The SMILES string of the molecule is CCOc1nc(Cl)nc(NCCC(C)C)n1. The highest BCUT2D eigenvalue weighted by Crippen LogP contribution is 2.11. The Balaban J connectivity index is 2.58. The van der Waals surface area contributed by atoms with Crippen LogP contribution in [0.15, 0.2) is 0 Å². The number of ether oxygens (including phenoxy) is 1. The van der Waals surface area contributed by atoms with E-state index in [1.807, 2.05) is 6.92 Å². The first-order valence-electron chi connectivity index (χ1n) is 5.40. The summed E-state index contributed by atoms with van der Waals surface area (Å²) >= 11 is 5.74. The topological polar surface area (TPSA) is 59.9 Å². The molecule has 1 rings (SSSR count). The summed E-state index contributed by atoms with van der Waals surface area (Å²) in [5.41, 5.74) is 0. The average Bonchev–Trinajstić information content (AvgIpc) is 2.16. The first-order valence-corrected chi connectivity index (χ1v) is 5.77. The van der Waals surface area contributed by atoms with E-state index < -0.39 is 0 Å². The predicted molar refractivity (Wildman–Crippen MR) is 64.0 cm³/mol. The van der Waals surface area contributed by atoms with Crippen molar-refractivity contribution in [1.82, 2.24) is 15.0 Å². The van der Waals surface area contributed by atoms with Crippen LogP contribution in [0.3, 0.4) is 0 Å². The third-order valence-electron chi connectivity index (χ3n) is 1.87. The lowest BCUT2D eigenvalue weighted by Crippen LogP contribution is -2.09. The van der Waals surface area contributed by atoms with Gasteiger partial charge in [-0.05, 0) is 30.9 Å². The van der Waals surface area contributed by atoms with Crippen LogP contribution in [0, 0.1) is 5.92 Å². The number of anilines is 1. The maximum atomic E-state index is 5.74. The summed E-state index contributed by atoms with van der Waals surface area (Å²) in [6, 6.07) is 0.259. The van der Waals surface area contributed by atoms with Crippen molar-refractivity contribution in [3.63, 3.8) is 0 Å². The summed E-state index contributed by atoms with van der Waals surface area (Å²) in [6.45, 7) is 7.50. The van der Waals surface area contributed by atoms with Gasteiger partial charge >= 0.3 is 6.01 Å². The molecule has 90 valence electrons. The highest BCUT2D eigenvalue weighted by molar-refractivity contribution is 6.28. The molecule has 0 aliphatic carbocycles. The van der Waals surface area contributed by atoms with Crippen molar-refractivity contribution in [2.75, 3.05) is 18.5 Å². The Hall–Kier alpha value is -1.10. The van der Waals surface area contributed by atoms with E-state index in [9.17, 15) is 0 Å². The molecule has 0 bridgehead atoms. The molecule has 0 atom stereocenters. The standard InChI is InChI=1S/C10H17ClN4O/c1-4-16-10-14-8(11)13-9(15-10)12-6-5-7(2)3/h7H,4-6H2,1-3H3,(H,12,13,14,15). The molecule has 1 aromatic rings. The molecular weight excluding hydrogens is 228 g/mol. The molecule has 0 amide bonds. The van der Waals surface area contributed by atoms with Crippen molar-refractivity contribution in [3.8, 4) is 6.01 Å². The molecule has 0 saturated carbocycles. The summed E-state index contributed by atoms with van der Waals surface area (Å²) in [4.78, 5) is 11.9. The maximum absolute atomic E-state index is 5.74. The molecule has 1 aromatic heterocycles. The van der Waals surface area contributed by atoms with Crippen LogP contribution in [-0.4, -0.2) is 28.1 Å². The fourth-order valence-electron chi connectivity index (χ4n) is 1.08. The lowest BCUT2D eigenvalue weighted by Gasteiger charge is -2.08. The van der Waals surface area contributed by atoms with Gasteiger partial charge in [0.1, 0.15) is 0 Å². The zero-order valence-electron chi connectivity index (χ0n) is 9.83. The van der Waals surface area contributed by atoms with E-state index in [0.717, 1.165) is 13.0 Å². The van der Waals surface area contributed by atoms with Gasteiger partial charge in [-0.2, -0.15) is 15.0 Å². The third-order valence-corrected chi connectivity index (χ3v) is 2.03. The second kappa shape index (κ2) is 6.48. The van der Waals surface area contributed by atoms with Gasteiger partial charge in [0.25, 0.3) is 0 Å². The number of nitrogens with one attached hydrogen (secondary N) is 1. The zero-order valence-corrected chi connectivity index (χ0v) is 10.6. The van der Waals surface area contributed by atoms with E-state index >= 15 is 0 Å². The Morgan fingerprint density at radius 1 is 1.31 bits per heavy atom. The molecule has 16 heavy (non-hydrogen) atoms. The molecule has 5 nitrogen and oxygen atoms in total. The van der Waals surface area contributed by atoms with Gasteiger partial charge in [0.05, 0.1) is 6.61 Å². The number of aromatic nitrogens is 3. The van der Waals surface area contributed by atoms with Gasteiger partial charge in [-0.15, -0.1) is 0 Å². The second-order valence-corrected chi connectivity index (χ2v) is 4.09. The number of hydrogen-bond acceptors (Lipinski definition) is 5. The van der Waals surface area contributed by atoms with Gasteiger partial charge in [0.2, 0.25) is 11.2 Å². The van der Waals surface area contributed by atoms with Crippen LogP contribution >= 0.6 is 11.6 Å². The zero-order chi connectivity index (χ0) is 12.0. The molecule has 0 spiro atoms. The van der Waals surface area contributed by atoms with Crippen LogP contribution < -0.4 is 10.1 Å². The largest absolute Gasteiger partial charge is 0.464 e. The molecular formula is C10H17ClN4O. The minimum atomic E-state index is 0.144. The Bertz CT molecular complexity index is 333. The van der Waals surface area contributed by atoms with E-state index in [-0.39, 0.29) is 11.3 Å². The van der Waals surface area contributed by atoms with Crippen molar-refractivity contribution in [2.24, 2.45) is 5.92 Å². The van der Waals surface area contributed by atoms with E-state index in [4.69, 9.17) is 16.3 Å². The van der Waals surface area contributed by atoms with E-state index in [1.54, 1.807) is 0 Å². The summed E-state index contributed by atoms with van der Waals surface area (Å²) < 4.78 is 5.17. The lowest BCUT2D eigenvalue weighted by molar-refractivity contribution is 0.312. The van der Waals surface area contributed by atoms with Crippen LogP contribution in [0.4, 0.5) is 5.95 Å². The van der Waals surface area contributed by atoms with E-state index in [2.05, 4.69) is 34.1 Å². The van der Waals surface area contributed by atoms with Crippen LogP contribution in [0.2, 0.25) is 5.28 Å². The highest BCUT2D eigenvalue weighted by atomic mass is 35.5. The smallest absolute Gasteiger partial charge is 0.322 e. The van der Waals surface area contributed by atoms with Crippen LogP contribution in [-0.2, 0) is 0 Å². The molecule has 1 N–H and O–H groups in total. The number of halogens is 1. The minimum absolute atomic E-state index is 0.144. The van der Waals surface area contributed by atoms with Crippen molar-refractivity contribution in [2.45, 2.75) is 27.2 Å². The molecule has 0 aliphatic heterocycles. The molecule has 0 radical (unpaired) electrons. The monoisotopic (exact) mass is 244 g/mol. The van der Waals surface area contributed by atoms with E-state index in [1.165, 1.54) is 0 Å². The van der Waals surface area contributed by atoms with Crippen molar-refractivity contribution < 1.29 is 4.74 Å². The average molecular weight is 245 g/mol. The minimum Gasteiger partial charge on any atom is -0.464 e. The first kappa shape index (κ1) is 13.0. The fourth-order valence-corrected chi connectivity index (χ4v) is 1.23. The number of hydrogen-bond donors (Lipinski definition) is 1. The van der Waals surface area contributed by atoms with Crippen molar-refractivity contribution in [3.05, 3.63) is 5.28 Å². The Kier molecular flexibility index (Phi) is 5.25. The summed E-state index contributed by atoms with van der Waals surface area (Å²) in [5, 5.41) is 3.23. The molecule has 0 fully saturated rings. The Morgan fingerprint density at radius 3 is 2.69 bits per heavy atom. The molecule has 6 heteroatoms. The van der Waals surface area contributed by atoms with Gasteiger partial charge in [-0.25, -0.2) is 0 Å². The van der Waals surface area contributed by atoms with Gasteiger partial charge in [0.15, 0.2) is 0 Å². The molecule has 0 saturated heterocycles. The van der Waals surface area contributed by atoms with Crippen molar-refractivity contribution in [1.29, 1.82) is 0 Å². The summed E-state index contributed by atoms with van der Waals surface area (Å²) in [5.74, 6) is 1.10. The van der Waals surface area contributed by atoms with E-state index in [0.29, 0.717) is 18.5 Å². The summed E-state index contributed by atoms with van der Waals surface area (Å²) in [7, 11) is 0. The lowest BCUT2D eigenvalue weighted by atomic mass is 10.1. The summed E-state index contributed by atoms with van der Waals surface area (Å²) in [6.07, 6.45) is 1.05. The van der Waals surface area contributed by atoms with Gasteiger partial charge in [-0.1, -0.05) is 13.8 Å².